The molecule has 3 rings (SSSR count). The van der Waals surface area contributed by atoms with Gasteiger partial charge in [0.1, 0.15) is 0 Å². The largest absolute Gasteiger partial charge is 0.298 e. The lowest BCUT2D eigenvalue weighted by atomic mass is 10.1. The van der Waals surface area contributed by atoms with Crippen molar-refractivity contribution in [2.75, 3.05) is 18.4 Å². The smallest absolute Gasteiger partial charge is 0.269 e. The molecule has 1 fully saturated rings. The van der Waals surface area contributed by atoms with Crippen molar-refractivity contribution in [3.63, 3.8) is 0 Å². The van der Waals surface area contributed by atoms with Gasteiger partial charge in [-0.25, -0.2) is 4.98 Å². The van der Waals surface area contributed by atoms with Gasteiger partial charge in [-0.3, -0.25) is 25.1 Å². The van der Waals surface area contributed by atoms with Crippen LogP contribution in [0.1, 0.15) is 35.3 Å². The number of thiazole rings is 1. The fraction of sp³-hybridized carbons (Fsp3) is 0.375. The van der Waals surface area contributed by atoms with Gasteiger partial charge in [0.05, 0.1) is 10.6 Å². The minimum absolute atomic E-state index is 0.0374. The van der Waals surface area contributed by atoms with Gasteiger partial charge in [0.15, 0.2) is 5.13 Å². The number of nitrogens with zero attached hydrogens (tertiary/aromatic N) is 3. The molecule has 2 heterocycles. The number of carbonyl (C=O) groups excluding carboxylic acids is 1. The van der Waals surface area contributed by atoms with Gasteiger partial charge in [0.25, 0.3) is 11.6 Å². The highest BCUT2D eigenvalue weighted by Crippen LogP contribution is 2.20. The van der Waals surface area contributed by atoms with Gasteiger partial charge in [-0.05, 0) is 38.1 Å². The molecular formula is C16H18N4O3S. The number of likely N-dealkylation sites (tertiary alicyclic amines) is 1. The van der Waals surface area contributed by atoms with E-state index in [1.54, 1.807) is 0 Å². The maximum atomic E-state index is 12.2. The van der Waals surface area contributed by atoms with Gasteiger partial charge in [-0.2, -0.15) is 0 Å². The molecule has 24 heavy (non-hydrogen) atoms. The van der Waals surface area contributed by atoms with Gasteiger partial charge in [-0.15, -0.1) is 11.3 Å². The highest BCUT2D eigenvalue weighted by molar-refractivity contribution is 7.13. The number of aromatic nitrogens is 1. The number of carbonyl (C=O) groups is 1. The van der Waals surface area contributed by atoms with Crippen LogP contribution in [0.4, 0.5) is 10.8 Å². The summed E-state index contributed by atoms with van der Waals surface area (Å²) in [6.45, 7) is 3.01. The first-order chi connectivity index (χ1) is 11.6. The fourth-order valence-electron chi connectivity index (χ4n) is 2.69. The maximum Gasteiger partial charge on any atom is 0.269 e. The first-order valence-corrected chi connectivity index (χ1v) is 8.72. The van der Waals surface area contributed by atoms with E-state index in [1.807, 2.05) is 5.38 Å². The molecule has 2 aromatic rings. The second-order valence-corrected chi connectivity index (χ2v) is 6.60. The second-order valence-electron chi connectivity index (χ2n) is 5.74. The summed E-state index contributed by atoms with van der Waals surface area (Å²) >= 11 is 1.39. The number of piperidine rings is 1. The summed E-state index contributed by atoms with van der Waals surface area (Å²) in [5.74, 6) is -0.316. The van der Waals surface area contributed by atoms with E-state index in [2.05, 4.69) is 15.2 Å². The van der Waals surface area contributed by atoms with Crippen LogP contribution in [0, 0.1) is 10.1 Å². The third kappa shape index (κ3) is 4.15. The van der Waals surface area contributed by atoms with E-state index in [4.69, 9.17) is 0 Å². The Labute approximate surface area is 143 Å². The van der Waals surface area contributed by atoms with Crippen LogP contribution in [-0.2, 0) is 6.54 Å². The van der Waals surface area contributed by atoms with Crippen molar-refractivity contribution in [3.8, 4) is 0 Å². The normalized spacial score (nSPS) is 15.2. The fourth-order valence-corrected chi connectivity index (χ4v) is 3.38. The minimum Gasteiger partial charge on any atom is -0.298 e. The van der Waals surface area contributed by atoms with Crippen LogP contribution in [-0.4, -0.2) is 33.8 Å². The van der Waals surface area contributed by atoms with Crippen LogP contribution < -0.4 is 5.32 Å². The number of anilines is 1. The number of hydrogen-bond donors (Lipinski definition) is 1. The SMILES string of the molecule is O=C(Nc1nc(CN2CCCCC2)cs1)c1ccc([N+](=O)[O-])cc1. The van der Waals surface area contributed by atoms with Crippen molar-refractivity contribution < 1.29 is 9.72 Å². The molecular weight excluding hydrogens is 328 g/mol. The van der Waals surface area contributed by atoms with Crippen molar-refractivity contribution in [1.29, 1.82) is 0 Å². The Balaban J connectivity index is 1.59. The lowest BCUT2D eigenvalue weighted by Crippen LogP contribution is -2.29. The van der Waals surface area contributed by atoms with Crippen LogP contribution in [0.25, 0.3) is 0 Å². The zero-order valence-corrected chi connectivity index (χ0v) is 13.9. The van der Waals surface area contributed by atoms with Crippen LogP contribution in [0.5, 0.6) is 0 Å². The van der Waals surface area contributed by atoms with E-state index < -0.39 is 4.92 Å². The standard InChI is InChI=1S/C16H18N4O3S/c21-15(12-4-6-14(7-5-12)20(22)23)18-16-17-13(11-24-16)10-19-8-2-1-3-9-19/h4-7,11H,1-3,8-10H2,(H,17,18,21). The molecule has 0 atom stereocenters. The molecule has 0 unspecified atom stereocenters. The van der Waals surface area contributed by atoms with Crippen LogP contribution in [0.15, 0.2) is 29.6 Å². The zero-order chi connectivity index (χ0) is 16.9. The number of nitro groups is 1. The van der Waals surface area contributed by atoms with E-state index >= 15 is 0 Å². The van der Waals surface area contributed by atoms with E-state index in [1.165, 1.54) is 54.9 Å². The van der Waals surface area contributed by atoms with Crippen molar-refractivity contribution >= 4 is 28.1 Å². The highest BCUT2D eigenvalue weighted by atomic mass is 32.1. The Kier molecular flexibility index (Phi) is 5.17. The van der Waals surface area contributed by atoms with Crippen molar-refractivity contribution in [1.82, 2.24) is 9.88 Å². The monoisotopic (exact) mass is 346 g/mol. The summed E-state index contributed by atoms with van der Waals surface area (Å²) in [5, 5.41) is 15.9. The second kappa shape index (κ2) is 7.50. The number of non-ortho nitro benzene ring substituents is 1. The molecule has 1 aliphatic heterocycles. The lowest BCUT2D eigenvalue weighted by Gasteiger charge is -2.25. The number of rotatable bonds is 5. The molecule has 1 aliphatic rings. The predicted octanol–water partition coefficient (Wildman–Crippen LogP) is 3.29. The average Bonchev–Trinajstić information content (AvgIpc) is 3.02. The van der Waals surface area contributed by atoms with Crippen LogP contribution in [0.3, 0.4) is 0 Å². The Morgan fingerprint density at radius 3 is 2.62 bits per heavy atom. The molecule has 0 bridgehead atoms. The molecule has 1 N–H and O–H groups in total. The molecule has 1 aromatic heterocycles. The van der Waals surface area contributed by atoms with Crippen molar-refractivity contribution in [2.45, 2.75) is 25.8 Å². The van der Waals surface area contributed by atoms with Gasteiger partial charge < -0.3 is 0 Å². The molecule has 1 saturated heterocycles. The van der Waals surface area contributed by atoms with Crippen molar-refractivity contribution in [3.05, 3.63) is 51.0 Å². The molecule has 7 nitrogen and oxygen atoms in total. The summed E-state index contributed by atoms with van der Waals surface area (Å²) in [5.41, 5.74) is 1.29. The summed E-state index contributed by atoms with van der Waals surface area (Å²) in [4.78, 5) is 29.1. The van der Waals surface area contributed by atoms with Crippen molar-refractivity contribution in [2.24, 2.45) is 0 Å². The topological polar surface area (TPSA) is 88.4 Å². The lowest BCUT2D eigenvalue weighted by molar-refractivity contribution is -0.384. The van der Waals surface area contributed by atoms with Gasteiger partial charge >= 0.3 is 0 Å². The molecule has 0 radical (unpaired) electrons. The summed E-state index contributed by atoms with van der Waals surface area (Å²) < 4.78 is 0. The first kappa shape index (κ1) is 16.5. The Hall–Kier alpha value is -2.32. The number of amides is 1. The highest BCUT2D eigenvalue weighted by Gasteiger charge is 2.14. The van der Waals surface area contributed by atoms with Crippen LogP contribution >= 0.6 is 11.3 Å². The molecule has 1 aromatic carbocycles. The number of benzene rings is 1. The summed E-state index contributed by atoms with van der Waals surface area (Å²) in [6, 6.07) is 5.52. The molecule has 126 valence electrons. The quantitative estimate of drug-likeness (QED) is 0.663. The van der Waals surface area contributed by atoms with E-state index in [0.29, 0.717) is 10.7 Å². The third-order valence-electron chi connectivity index (χ3n) is 3.95. The number of nitro benzene ring substituents is 1. The summed E-state index contributed by atoms with van der Waals surface area (Å²) in [7, 11) is 0. The number of hydrogen-bond acceptors (Lipinski definition) is 6. The Morgan fingerprint density at radius 2 is 1.96 bits per heavy atom. The van der Waals surface area contributed by atoms with Gasteiger partial charge in [-0.1, -0.05) is 6.42 Å². The van der Waals surface area contributed by atoms with E-state index in [0.717, 1.165) is 25.3 Å². The molecule has 0 spiro atoms. The molecule has 0 saturated carbocycles. The Morgan fingerprint density at radius 1 is 1.25 bits per heavy atom. The predicted molar refractivity (Wildman–Crippen MR) is 92.3 cm³/mol. The third-order valence-corrected chi connectivity index (χ3v) is 4.75. The number of nitrogens with one attached hydrogen (secondary N) is 1. The van der Waals surface area contributed by atoms with E-state index in [-0.39, 0.29) is 11.6 Å². The maximum absolute atomic E-state index is 12.2. The van der Waals surface area contributed by atoms with Gasteiger partial charge in [0.2, 0.25) is 0 Å². The zero-order valence-electron chi connectivity index (χ0n) is 13.1. The van der Waals surface area contributed by atoms with Gasteiger partial charge in [0, 0.05) is 29.6 Å². The average molecular weight is 346 g/mol. The first-order valence-electron chi connectivity index (χ1n) is 7.84. The van der Waals surface area contributed by atoms with Crippen LogP contribution in [0.2, 0.25) is 0 Å². The Bertz CT molecular complexity index is 723. The van der Waals surface area contributed by atoms with E-state index in [9.17, 15) is 14.9 Å². The molecule has 1 amide bonds. The molecule has 0 aliphatic carbocycles. The molecule has 8 heteroatoms. The summed E-state index contributed by atoms with van der Waals surface area (Å²) in [6.07, 6.45) is 3.76. The minimum atomic E-state index is -0.491.